The Morgan fingerprint density at radius 3 is 2.42 bits per heavy atom. The van der Waals surface area contributed by atoms with Gasteiger partial charge in [-0.2, -0.15) is 0 Å². The van der Waals surface area contributed by atoms with Gasteiger partial charge in [-0.05, 0) is 81.3 Å². The summed E-state index contributed by atoms with van der Waals surface area (Å²) in [6.07, 6.45) is 5.74. The monoisotopic (exact) mass is 580 g/mol. The van der Waals surface area contributed by atoms with E-state index in [1.807, 2.05) is 38.4 Å². The summed E-state index contributed by atoms with van der Waals surface area (Å²) in [5, 5.41) is 16.1. The number of aliphatic hydroxyl groups is 1. The third-order valence-corrected chi connectivity index (χ3v) is 7.66. The second-order valence-electron chi connectivity index (χ2n) is 11.1. The van der Waals surface area contributed by atoms with Gasteiger partial charge in [-0.25, -0.2) is 4.98 Å². The zero-order valence-electron chi connectivity index (χ0n) is 25.5. The molecule has 0 unspecified atom stereocenters. The lowest BCUT2D eigenvalue weighted by Gasteiger charge is -2.38. The minimum Gasteiger partial charge on any atom is -0.393 e. The van der Waals surface area contributed by atoms with E-state index in [2.05, 4.69) is 86.1 Å². The number of nitrogens with one attached hydrogen (secondary N) is 2. The normalized spacial score (nSPS) is 13.7. The highest BCUT2D eigenvalue weighted by molar-refractivity contribution is 6.04. The molecule has 0 aliphatic carbocycles. The second-order valence-corrected chi connectivity index (χ2v) is 11.1. The van der Waals surface area contributed by atoms with Gasteiger partial charge in [0.15, 0.2) is 0 Å². The molecule has 1 aliphatic rings. The van der Waals surface area contributed by atoms with Gasteiger partial charge in [-0.15, -0.1) is 0 Å². The maximum Gasteiger partial charge on any atom is 0.256 e. The molecule has 9 heteroatoms. The van der Waals surface area contributed by atoms with Gasteiger partial charge in [-0.3, -0.25) is 14.5 Å². The van der Waals surface area contributed by atoms with Crippen molar-refractivity contribution in [1.82, 2.24) is 19.8 Å². The van der Waals surface area contributed by atoms with Gasteiger partial charge in [0.05, 0.1) is 11.6 Å². The molecule has 3 heterocycles. The predicted molar refractivity (Wildman–Crippen MR) is 173 cm³/mol. The van der Waals surface area contributed by atoms with Gasteiger partial charge in [0.25, 0.3) is 5.91 Å². The summed E-state index contributed by atoms with van der Waals surface area (Å²) in [7, 11) is 5.60. The minimum absolute atomic E-state index is 0.202. The lowest BCUT2D eigenvalue weighted by atomic mass is 9.97. The minimum atomic E-state index is -0.285. The highest BCUT2D eigenvalue weighted by atomic mass is 16.3. The van der Waals surface area contributed by atoms with Crippen LogP contribution in [0.4, 0.5) is 17.2 Å². The lowest BCUT2D eigenvalue weighted by Crippen LogP contribution is -2.48. The van der Waals surface area contributed by atoms with Crippen LogP contribution in [-0.2, 0) is 11.8 Å². The van der Waals surface area contributed by atoms with Crippen molar-refractivity contribution in [2.24, 2.45) is 7.05 Å². The Bertz CT molecular complexity index is 1610. The fraction of sp³-hybridized carbons (Fsp3) is 0.324. The fourth-order valence-electron chi connectivity index (χ4n) is 4.95. The van der Waals surface area contributed by atoms with Gasteiger partial charge in [0.1, 0.15) is 5.82 Å². The maximum absolute atomic E-state index is 12.9. The number of amides is 2. The molecule has 5 rings (SSSR count). The molecule has 0 atom stereocenters. The number of likely N-dealkylation sites (tertiary alicyclic amines) is 1. The number of fused-ring (bicyclic) bond motifs is 1. The van der Waals surface area contributed by atoms with Crippen molar-refractivity contribution in [1.29, 1.82) is 0 Å². The molecule has 224 valence electrons. The topological polar surface area (TPSA) is 103 Å². The van der Waals surface area contributed by atoms with Crippen LogP contribution in [0.3, 0.4) is 0 Å². The average Bonchev–Trinajstić information content (AvgIpc) is 3.40. The first-order valence-corrected chi connectivity index (χ1v) is 14.3. The van der Waals surface area contributed by atoms with E-state index in [4.69, 9.17) is 4.79 Å². The van der Waals surface area contributed by atoms with E-state index in [1.165, 1.54) is 10.9 Å². The number of carbonyl (C=O) groups excluding carboxylic acids is 2. The van der Waals surface area contributed by atoms with E-state index in [0.29, 0.717) is 17.8 Å². The summed E-state index contributed by atoms with van der Waals surface area (Å²) in [4.78, 5) is 30.7. The van der Waals surface area contributed by atoms with Crippen LogP contribution >= 0.6 is 0 Å². The smallest absolute Gasteiger partial charge is 0.256 e. The number of aliphatic hydroxyl groups excluding tert-OH is 1. The molecule has 4 aromatic rings. The van der Waals surface area contributed by atoms with Crippen LogP contribution in [0, 0.1) is 11.8 Å². The van der Waals surface area contributed by atoms with Crippen molar-refractivity contribution in [3.05, 3.63) is 84.2 Å². The number of aromatic nitrogens is 2. The van der Waals surface area contributed by atoms with Crippen molar-refractivity contribution in [2.45, 2.75) is 38.3 Å². The first-order valence-electron chi connectivity index (χ1n) is 14.3. The van der Waals surface area contributed by atoms with Crippen LogP contribution in [-0.4, -0.2) is 70.7 Å². The quantitative estimate of drug-likeness (QED) is 0.229. The zero-order valence-corrected chi connectivity index (χ0v) is 25.5. The summed E-state index contributed by atoms with van der Waals surface area (Å²) in [5.74, 6) is 6.89. The molecule has 1 saturated heterocycles. The third-order valence-electron chi connectivity index (χ3n) is 7.66. The van der Waals surface area contributed by atoms with Gasteiger partial charge in [-0.1, -0.05) is 11.8 Å². The summed E-state index contributed by atoms with van der Waals surface area (Å²) < 4.78 is 2.10. The standard InChI is InChI=1S/C32H35N5O2.C2H5NO/c1-32(2,37-19-14-28(38)15-20-37)16-11-23-5-7-24(8-6-23)31(39)34-30-22-27(12-17-33-30)36(4)26-9-10-29-25(21-26)13-18-35(29)3;1-3-2-4/h5-10,12-13,17-18,21-22,28,38H,14-15,19-20H2,1-4H3,(H,33,34,39);2H,1H3,(H,3,4). The summed E-state index contributed by atoms with van der Waals surface area (Å²) in [5.41, 5.74) is 4.27. The van der Waals surface area contributed by atoms with Crippen molar-refractivity contribution in [3.63, 3.8) is 0 Å². The van der Waals surface area contributed by atoms with Crippen LogP contribution in [0.25, 0.3) is 10.9 Å². The molecule has 1 fully saturated rings. The van der Waals surface area contributed by atoms with E-state index in [-0.39, 0.29) is 17.6 Å². The summed E-state index contributed by atoms with van der Waals surface area (Å²) >= 11 is 0. The highest BCUT2D eigenvalue weighted by Crippen LogP contribution is 2.28. The Balaban J connectivity index is 0.000000996. The first-order chi connectivity index (χ1) is 20.6. The van der Waals surface area contributed by atoms with Gasteiger partial charge < -0.3 is 25.2 Å². The average molecular weight is 581 g/mol. The highest BCUT2D eigenvalue weighted by Gasteiger charge is 2.28. The number of rotatable bonds is 6. The van der Waals surface area contributed by atoms with Crippen LogP contribution in [0.15, 0.2) is 73.1 Å². The van der Waals surface area contributed by atoms with Gasteiger partial charge >= 0.3 is 0 Å². The van der Waals surface area contributed by atoms with Crippen LogP contribution in [0.2, 0.25) is 0 Å². The van der Waals surface area contributed by atoms with Crippen molar-refractivity contribution in [2.75, 3.05) is 37.4 Å². The fourth-order valence-corrected chi connectivity index (χ4v) is 4.95. The molecule has 0 spiro atoms. The molecule has 2 aromatic heterocycles. The summed E-state index contributed by atoms with van der Waals surface area (Å²) in [6.45, 7) is 5.90. The van der Waals surface area contributed by atoms with Crippen molar-refractivity contribution in [3.8, 4) is 11.8 Å². The Labute approximate surface area is 253 Å². The number of aryl methyl sites for hydroxylation is 1. The Kier molecular flexibility index (Phi) is 10.2. The van der Waals surface area contributed by atoms with E-state index >= 15 is 0 Å². The molecule has 1 aliphatic heterocycles. The zero-order chi connectivity index (χ0) is 31.0. The number of piperidine rings is 1. The molecule has 0 saturated carbocycles. The molecule has 0 radical (unpaired) electrons. The Hall–Kier alpha value is -4.65. The molecule has 2 amide bonds. The van der Waals surface area contributed by atoms with Crippen LogP contribution in [0.1, 0.15) is 42.6 Å². The number of carbonyl (C=O) groups is 2. The number of pyridine rings is 1. The molecular formula is C34H40N6O3. The van der Waals surface area contributed by atoms with E-state index in [9.17, 15) is 9.90 Å². The van der Waals surface area contributed by atoms with Crippen molar-refractivity contribution >= 4 is 40.4 Å². The van der Waals surface area contributed by atoms with E-state index < -0.39 is 0 Å². The molecule has 2 aromatic carbocycles. The van der Waals surface area contributed by atoms with E-state index in [1.54, 1.807) is 25.4 Å². The Morgan fingerprint density at radius 2 is 1.74 bits per heavy atom. The molecular weight excluding hydrogens is 540 g/mol. The maximum atomic E-state index is 12.9. The first kappa shape index (κ1) is 31.3. The number of hydrogen-bond donors (Lipinski definition) is 3. The number of benzene rings is 2. The number of nitrogens with zero attached hydrogens (tertiary/aromatic N) is 4. The summed E-state index contributed by atoms with van der Waals surface area (Å²) in [6, 6.07) is 19.6. The number of hydrogen-bond acceptors (Lipinski definition) is 6. The molecule has 9 nitrogen and oxygen atoms in total. The van der Waals surface area contributed by atoms with Crippen molar-refractivity contribution < 1.29 is 14.7 Å². The van der Waals surface area contributed by atoms with Crippen LogP contribution in [0.5, 0.6) is 0 Å². The predicted octanol–water partition coefficient (Wildman–Crippen LogP) is 4.54. The molecule has 3 N–H and O–H groups in total. The second kappa shape index (κ2) is 14.0. The molecule has 43 heavy (non-hydrogen) atoms. The largest absolute Gasteiger partial charge is 0.393 e. The number of anilines is 3. The molecule has 0 bridgehead atoms. The van der Waals surface area contributed by atoms with Gasteiger partial charge in [0.2, 0.25) is 6.41 Å². The van der Waals surface area contributed by atoms with E-state index in [0.717, 1.165) is 42.9 Å². The third kappa shape index (κ3) is 8.01. The van der Waals surface area contributed by atoms with Crippen LogP contribution < -0.4 is 15.5 Å². The lowest BCUT2D eigenvalue weighted by molar-refractivity contribution is -0.109. The SMILES string of the molecule is CN(c1ccnc(NC(=O)c2ccc(C#CC(C)(C)N3CCC(O)CC3)cc2)c1)c1ccc2c(ccn2C)c1.CNC=O. The Morgan fingerprint density at radius 1 is 1.07 bits per heavy atom. The van der Waals surface area contributed by atoms with Gasteiger partial charge in [0, 0.05) is 86.1 Å².